The van der Waals surface area contributed by atoms with E-state index in [4.69, 9.17) is 11.6 Å². The van der Waals surface area contributed by atoms with Gasteiger partial charge in [-0.3, -0.25) is 4.79 Å². The number of alkyl halides is 1. The van der Waals surface area contributed by atoms with Crippen LogP contribution in [-0.4, -0.2) is 16.8 Å². The Morgan fingerprint density at radius 2 is 2.00 bits per heavy atom. The third-order valence-electron chi connectivity index (χ3n) is 6.06. The van der Waals surface area contributed by atoms with Crippen LogP contribution in [0, 0.1) is 17.3 Å². The van der Waals surface area contributed by atoms with Crippen LogP contribution in [0.3, 0.4) is 0 Å². The van der Waals surface area contributed by atoms with Crippen molar-refractivity contribution in [3.05, 3.63) is 34.9 Å². The highest BCUT2D eigenvalue weighted by atomic mass is 79.9. The Labute approximate surface area is 151 Å². The fraction of sp³-hybridized carbons (Fsp3) is 0.632. The van der Waals surface area contributed by atoms with E-state index < -0.39 is 0 Å². The Kier molecular flexibility index (Phi) is 4.00. The molecule has 2 nitrogen and oxygen atoms in total. The van der Waals surface area contributed by atoms with Crippen molar-refractivity contribution in [1.29, 1.82) is 0 Å². The van der Waals surface area contributed by atoms with Crippen molar-refractivity contribution in [3.63, 3.8) is 0 Å². The molecule has 2 atom stereocenters. The zero-order valence-corrected chi connectivity index (χ0v) is 15.6. The molecule has 4 aliphatic rings. The van der Waals surface area contributed by atoms with E-state index in [0.717, 1.165) is 42.5 Å². The van der Waals surface area contributed by atoms with Crippen molar-refractivity contribution in [1.82, 2.24) is 5.32 Å². The van der Waals surface area contributed by atoms with E-state index in [-0.39, 0.29) is 15.6 Å². The van der Waals surface area contributed by atoms with Gasteiger partial charge in [-0.1, -0.05) is 39.7 Å². The minimum absolute atomic E-state index is 0.109. The molecule has 4 saturated carbocycles. The van der Waals surface area contributed by atoms with Gasteiger partial charge in [-0.15, -0.1) is 0 Å². The van der Waals surface area contributed by atoms with E-state index in [1.807, 2.05) is 18.2 Å². The van der Waals surface area contributed by atoms with Crippen LogP contribution in [0.2, 0.25) is 5.02 Å². The lowest BCUT2D eigenvalue weighted by Gasteiger charge is -2.59. The van der Waals surface area contributed by atoms with Crippen LogP contribution in [-0.2, 0) is 11.2 Å². The number of benzene rings is 1. The average Bonchev–Trinajstić information content (AvgIpc) is 2.44. The minimum Gasteiger partial charge on any atom is -0.355 e. The quantitative estimate of drug-likeness (QED) is 0.732. The van der Waals surface area contributed by atoms with Crippen molar-refractivity contribution >= 4 is 33.4 Å². The van der Waals surface area contributed by atoms with E-state index in [9.17, 15) is 4.79 Å². The summed E-state index contributed by atoms with van der Waals surface area (Å²) in [6, 6.07) is 7.89. The minimum atomic E-state index is -0.109. The predicted molar refractivity (Wildman–Crippen MR) is 96.9 cm³/mol. The molecule has 4 heteroatoms. The predicted octanol–water partition coefficient (Wildman–Crippen LogP) is 4.73. The Hall–Kier alpha value is -0.540. The standard InChI is InChI=1S/C19H23BrClNO/c20-19-10-14-6-15(11-19)9-18(8-14,12-19)17(23)22-5-4-13-2-1-3-16(21)7-13/h1-3,7,14-15H,4-6,8-12H2,(H,22,23). The van der Waals surface area contributed by atoms with Gasteiger partial charge in [0.15, 0.2) is 0 Å². The summed E-state index contributed by atoms with van der Waals surface area (Å²) >= 11 is 10.00. The summed E-state index contributed by atoms with van der Waals surface area (Å²) in [7, 11) is 0. The molecule has 1 aromatic rings. The van der Waals surface area contributed by atoms with Crippen LogP contribution in [0.1, 0.15) is 44.1 Å². The topological polar surface area (TPSA) is 29.1 Å². The van der Waals surface area contributed by atoms with Crippen molar-refractivity contribution in [3.8, 4) is 0 Å². The number of nitrogens with one attached hydrogen (secondary N) is 1. The van der Waals surface area contributed by atoms with Crippen LogP contribution in [0.15, 0.2) is 24.3 Å². The van der Waals surface area contributed by atoms with Crippen molar-refractivity contribution < 1.29 is 4.79 Å². The third kappa shape index (κ3) is 3.07. The first-order chi connectivity index (χ1) is 11.0. The monoisotopic (exact) mass is 395 g/mol. The SMILES string of the molecule is O=C(NCCc1cccc(Cl)c1)C12CC3CC(CC(Br)(C3)C1)C2. The molecule has 0 saturated heterocycles. The normalized spacial score (nSPS) is 37.8. The smallest absolute Gasteiger partial charge is 0.226 e. The molecule has 0 heterocycles. The highest BCUT2D eigenvalue weighted by Crippen LogP contribution is 2.64. The summed E-state index contributed by atoms with van der Waals surface area (Å²) in [6.45, 7) is 0.700. The molecular weight excluding hydrogens is 374 g/mol. The number of amides is 1. The molecule has 0 radical (unpaired) electrons. The summed E-state index contributed by atoms with van der Waals surface area (Å²) < 4.78 is 0.237. The first-order valence-electron chi connectivity index (χ1n) is 8.68. The molecule has 23 heavy (non-hydrogen) atoms. The zero-order chi connectivity index (χ0) is 16.1. The maximum Gasteiger partial charge on any atom is 0.226 e. The van der Waals surface area contributed by atoms with Gasteiger partial charge in [-0.2, -0.15) is 0 Å². The number of hydrogen-bond acceptors (Lipinski definition) is 1. The first kappa shape index (κ1) is 16.0. The Bertz CT molecular complexity index is 618. The van der Waals surface area contributed by atoms with Crippen LogP contribution in [0.4, 0.5) is 0 Å². The zero-order valence-electron chi connectivity index (χ0n) is 13.3. The van der Waals surface area contributed by atoms with Gasteiger partial charge in [0.25, 0.3) is 0 Å². The Morgan fingerprint density at radius 3 is 2.65 bits per heavy atom. The molecule has 0 aromatic heterocycles. The second-order valence-electron chi connectivity index (χ2n) is 8.03. The maximum absolute atomic E-state index is 12.9. The van der Waals surface area contributed by atoms with Crippen LogP contribution >= 0.6 is 27.5 Å². The van der Waals surface area contributed by atoms with Gasteiger partial charge in [0.1, 0.15) is 0 Å². The lowest BCUT2D eigenvalue weighted by Crippen LogP contribution is -2.58. The van der Waals surface area contributed by atoms with E-state index in [2.05, 4.69) is 27.3 Å². The van der Waals surface area contributed by atoms with Gasteiger partial charge in [0.05, 0.1) is 5.41 Å². The van der Waals surface area contributed by atoms with Crippen LogP contribution in [0.25, 0.3) is 0 Å². The molecule has 124 valence electrons. The van der Waals surface area contributed by atoms with Crippen LogP contribution in [0.5, 0.6) is 0 Å². The summed E-state index contributed by atoms with van der Waals surface area (Å²) in [4.78, 5) is 12.9. The van der Waals surface area contributed by atoms with Crippen molar-refractivity contribution in [2.24, 2.45) is 17.3 Å². The van der Waals surface area contributed by atoms with Gasteiger partial charge >= 0.3 is 0 Å². The number of hydrogen-bond donors (Lipinski definition) is 1. The Morgan fingerprint density at radius 1 is 1.26 bits per heavy atom. The van der Waals surface area contributed by atoms with Gasteiger partial charge in [-0.25, -0.2) is 0 Å². The molecule has 1 N–H and O–H groups in total. The molecular formula is C19H23BrClNO. The largest absolute Gasteiger partial charge is 0.355 e. The molecule has 1 amide bonds. The van der Waals surface area contributed by atoms with Crippen molar-refractivity contribution in [2.75, 3.05) is 6.54 Å². The summed E-state index contributed by atoms with van der Waals surface area (Å²) in [6.07, 6.45) is 7.93. The molecule has 0 aliphatic heterocycles. The van der Waals surface area contributed by atoms with E-state index in [1.165, 1.54) is 24.8 Å². The number of halogens is 2. The number of carbonyl (C=O) groups excluding carboxylic acids is 1. The van der Waals surface area contributed by atoms with E-state index in [1.54, 1.807) is 0 Å². The van der Waals surface area contributed by atoms with E-state index in [0.29, 0.717) is 6.54 Å². The van der Waals surface area contributed by atoms with Crippen LogP contribution < -0.4 is 5.32 Å². The number of rotatable bonds is 4. The summed E-state index contributed by atoms with van der Waals surface area (Å²) in [5.41, 5.74) is 1.07. The summed E-state index contributed by atoms with van der Waals surface area (Å²) in [5.74, 6) is 1.78. The average molecular weight is 397 g/mol. The highest BCUT2D eigenvalue weighted by Gasteiger charge is 2.59. The summed E-state index contributed by atoms with van der Waals surface area (Å²) in [5, 5.41) is 3.98. The second kappa shape index (κ2) is 5.77. The fourth-order valence-corrected chi connectivity index (χ4v) is 7.28. The molecule has 5 rings (SSSR count). The molecule has 0 spiro atoms. The van der Waals surface area contributed by atoms with E-state index >= 15 is 0 Å². The van der Waals surface area contributed by atoms with Gasteiger partial charge in [0, 0.05) is 15.9 Å². The molecule has 4 bridgehead atoms. The molecule has 4 fully saturated rings. The van der Waals surface area contributed by atoms with Gasteiger partial charge in [0.2, 0.25) is 5.91 Å². The van der Waals surface area contributed by atoms with Gasteiger partial charge in [-0.05, 0) is 74.5 Å². The Balaban J connectivity index is 1.39. The molecule has 4 aliphatic carbocycles. The third-order valence-corrected chi connectivity index (χ3v) is 7.22. The lowest BCUT2D eigenvalue weighted by molar-refractivity contribution is -0.143. The first-order valence-corrected chi connectivity index (χ1v) is 9.85. The molecule has 1 aromatic carbocycles. The fourth-order valence-electron chi connectivity index (χ4n) is 5.62. The van der Waals surface area contributed by atoms with Gasteiger partial charge < -0.3 is 5.32 Å². The lowest BCUT2D eigenvalue weighted by atomic mass is 9.49. The highest BCUT2D eigenvalue weighted by molar-refractivity contribution is 9.10. The maximum atomic E-state index is 12.9. The van der Waals surface area contributed by atoms with Crippen molar-refractivity contribution in [2.45, 2.75) is 49.3 Å². The number of carbonyl (C=O) groups is 1. The molecule has 2 unspecified atom stereocenters. The second-order valence-corrected chi connectivity index (χ2v) is 10.1.